The second kappa shape index (κ2) is 9.47. The first-order valence-corrected chi connectivity index (χ1v) is 11.8. The molecule has 32 heavy (non-hydrogen) atoms. The smallest absolute Gasteiger partial charge is 0.288 e. The van der Waals surface area contributed by atoms with Crippen molar-refractivity contribution in [2.24, 2.45) is 0 Å². The summed E-state index contributed by atoms with van der Waals surface area (Å²) in [6, 6.07) is 15.3. The van der Waals surface area contributed by atoms with Crippen LogP contribution in [0, 0.1) is 0 Å². The first-order valence-electron chi connectivity index (χ1n) is 11.8. The van der Waals surface area contributed by atoms with Gasteiger partial charge in [0, 0.05) is 32.0 Å². The number of unbranched alkanes of at least 4 members (excludes halogenated alkanes) is 1. The predicted molar refractivity (Wildman–Crippen MR) is 123 cm³/mol. The van der Waals surface area contributed by atoms with Gasteiger partial charge in [-0.3, -0.25) is 4.79 Å². The number of benzene rings is 2. The molecule has 2 aliphatic heterocycles. The average Bonchev–Trinajstić information content (AvgIpc) is 3.49. The molecule has 1 saturated heterocycles. The number of likely N-dealkylation sites (tertiary alicyclic amines) is 1. The number of ether oxygens (including phenoxy) is 2. The van der Waals surface area contributed by atoms with Crippen molar-refractivity contribution < 1.29 is 19.4 Å². The Kier molecular flexibility index (Phi) is 6.28. The van der Waals surface area contributed by atoms with E-state index in [1.807, 2.05) is 11.0 Å². The van der Waals surface area contributed by atoms with Crippen LogP contribution in [0.1, 0.15) is 54.7 Å². The van der Waals surface area contributed by atoms with Gasteiger partial charge in [-0.05, 0) is 66.0 Å². The third-order valence-electron chi connectivity index (χ3n) is 6.76. The molecular weight excluding hydrogens is 402 g/mol. The fraction of sp³-hybridized carbons (Fsp3) is 0.444. The highest BCUT2D eigenvalue weighted by Gasteiger charge is 2.32. The van der Waals surface area contributed by atoms with Crippen LogP contribution in [0.15, 0.2) is 54.3 Å². The molecule has 3 aliphatic rings. The minimum Gasteiger partial charge on any atom is -0.459 e. The van der Waals surface area contributed by atoms with E-state index in [4.69, 9.17) is 14.6 Å². The molecule has 2 heterocycles. The quantitative estimate of drug-likeness (QED) is 0.562. The SMILES string of the molecule is O=C(C1=C[C@@H](c2ccc3c(c2)Cc2ccccc2-3)C[C@@H](OCCCCO)O1)N1CCCC1. The molecule has 0 spiro atoms. The summed E-state index contributed by atoms with van der Waals surface area (Å²) >= 11 is 0. The summed E-state index contributed by atoms with van der Waals surface area (Å²) in [5, 5.41) is 9.03. The molecule has 0 unspecified atom stereocenters. The van der Waals surface area contributed by atoms with E-state index in [1.54, 1.807) is 0 Å². The van der Waals surface area contributed by atoms with Gasteiger partial charge in [0.25, 0.3) is 5.91 Å². The Morgan fingerprint density at radius 2 is 1.88 bits per heavy atom. The van der Waals surface area contributed by atoms with E-state index in [9.17, 15) is 4.79 Å². The summed E-state index contributed by atoms with van der Waals surface area (Å²) in [5.74, 6) is 0.464. The molecule has 0 saturated carbocycles. The largest absolute Gasteiger partial charge is 0.459 e. The van der Waals surface area contributed by atoms with Gasteiger partial charge in [0.15, 0.2) is 5.76 Å². The fourth-order valence-corrected chi connectivity index (χ4v) is 5.04. The van der Waals surface area contributed by atoms with Gasteiger partial charge in [-0.25, -0.2) is 0 Å². The third-order valence-corrected chi connectivity index (χ3v) is 6.76. The van der Waals surface area contributed by atoms with E-state index in [1.165, 1.54) is 27.8 Å². The number of amides is 1. The van der Waals surface area contributed by atoms with Gasteiger partial charge in [-0.2, -0.15) is 0 Å². The summed E-state index contributed by atoms with van der Waals surface area (Å²) < 4.78 is 12.0. The van der Waals surface area contributed by atoms with Crippen molar-refractivity contribution in [2.75, 3.05) is 26.3 Å². The van der Waals surface area contributed by atoms with Gasteiger partial charge in [0.1, 0.15) is 0 Å². The molecule has 5 rings (SSSR count). The Bertz CT molecular complexity index is 1010. The van der Waals surface area contributed by atoms with E-state index < -0.39 is 6.29 Å². The molecule has 2 aromatic rings. The van der Waals surface area contributed by atoms with E-state index in [2.05, 4.69) is 42.5 Å². The van der Waals surface area contributed by atoms with Crippen molar-refractivity contribution in [3.8, 4) is 11.1 Å². The highest BCUT2D eigenvalue weighted by molar-refractivity contribution is 5.92. The lowest BCUT2D eigenvalue weighted by molar-refractivity contribution is -0.152. The minimum atomic E-state index is -0.448. The second-order valence-electron chi connectivity index (χ2n) is 8.97. The van der Waals surface area contributed by atoms with Crippen LogP contribution >= 0.6 is 0 Å². The molecule has 1 aliphatic carbocycles. The van der Waals surface area contributed by atoms with Gasteiger partial charge in [0.05, 0.1) is 6.61 Å². The maximum absolute atomic E-state index is 13.1. The second-order valence-corrected chi connectivity index (χ2v) is 8.97. The Morgan fingerprint density at radius 1 is 1.06 bits per heavy atom. The van der Waals surface area contributed by atoms with Gasteiger partial charge >= 0.3 is 0 Å². The fourth-order valence-electron chi connectivity index (χ4n) is 5.04. The number of carbonyl (C=O) groups is 1. The summed E-state index contributed by atoms with van der Waals surface area (Å²) in [4.78, 5) is 15.0. The van der Waals surface area contributed by atoms with Crippen molar-refractivity contribution in [1.29, 1.82) is 0 Å². The molecule has 0 bridgehead atoms. The molecular formula is C27H31NO4. The van der Waals surface area contributed by atoms with Gasteiger partial charge < -0.3 is 19.5 Å². The van der Waals surface area contributed by atoms with Crippen molar-refractivity contribution in [1.82, 2.24) is 4.90 Å². The van der Waals surface area contributed by atoms with E-state index in [0.29, 0.717) is 25.2 Å². The number of hydrogen-bond acceptors (Lipinski definition) is 4. The number of rotatable bonds is 7. The number of fused-ring (bicyclic) bond motifs is 3. The molecule has 0 aromatic heterocycles. The van der Waals surface area contributed by atoms with Crippen LogP contribution in [0.5, 0.6) is 0 Å². The third kappa shape index (κ3) is 4.32. The first-order chi connectivity index (χ1) is 15.7. The van der Waals surface area contributed by atoms with Crippen molar-refractivity contribution in [3.63, 3.8) is 0 Å². The molecule has 5 heteroatoms. The van der Waals surface area contributed by atoms with E-state index >= 15 is 0 Å². The Balaban J connectivity index is 1.38. The topological polar surface area (TPSA) is 59.0 Å². The Labute approximate surface area is 189 Å². The summed E-state index contributed by atoms with van der Waals surface area (Å²) in [6.07, 6.45) is 6.76. The highest BCUT2D eigenvalue weighted by atomic mass is 16.7. The molecule has 0 radical (unpaired) electrons. The highest BCUT2D eigenvalue weighted by Crippen LogP contribution is 2.40. The molecule has 168 valence electrons. The summed E-state index contributed by atoms with van der Waals surface area (Å²) in [5.41, 5.74) is 6.56. The van der Waals surface area contributed by atoms with E-state index in [0.717, 1.165) is 38.8 Å². The normalized spacial score (nSPS) is 21.7. The zero-order chi connectivity index (χ0) is 21.9. The zero-order valence-corrected chi connectivity index (χ0v) is 18.5. The van der Waals surface area contributed by atoms with Gasteiger partial charge in [-0.15, -0.1) is 0 Å². The number of aliphatic hydroxyl groups is 1. The molecule has 1 fully saturated rings. The molecule has 2 atom stereocenters. The number of aliphatic hydroxyl groups excluding tert-OH is 1. The van der Waals surface area contributed by atoms with Crippen LogP contribution in [-0.4, -0.2) is 48.5 Å². The molecule has 1 N–H and O–H groups in total. The van der Waals surface area contributed by atoms with Crippen LogP contribution in [0.2, 0.25) is 0 Å². The van der Waals surface area contributed by atoms with Crippen molar-refractivity contribution in [3.05, 3.63) is 71.0 Å². The minimum absolute atomic E-state index is 0.0234. The zero-order valence-electron chi connectivity index (χ0n) is 18.5. The van der Waals surface area contributed by atoms with Crippen LogP contribution < -0.4 is 0 Å². The first kappa shape index (κ1) is 21.2. The van der Waals surface area contributed by atoms with Crippen molar-refractivity contribution in [2.45, 2.75) is 50.7 Å². The lowest BCUT2D eigenvalue weighted by Crippen LogP contribution is -2.35. The maximum Gasteiger partial charge on any atom is 0.288 e. The van der Waals surface area contributed by atoms with Gasteiger partial charge in [0.2, 0.25) is 6.29 Å². The number of hydrogen-bond donors (Lipinski definition) is 1. The van der Waals surface area contributed by atoms with E-state index in [-0.39, 0.29) is 18.4 Å². The number of carbonyl (C=O) groups excluding carboxylic acids is 1. The standard InChI is InChI=1S/C27H31NO4/c29-13-5-6-14-31-26-18-21(17-25(32-26)27(30)28-11-3-4-12-28)19-9-10-24-22(15-19)16-20-7-1-2-8-23(20)24/h1-2,7-10,15,17,21,26,29H,3-6,11-14,16,18H2/t21-,26+/m1/s1. The molecule has 2 aromatic carbocycles. The molecule has 5 nitrogen and oxygen atoms in total. The predicted octanol–water partition coefficient (Wildman–Crippen LogP) is 4.38. The average molecular weight is 434 g/mol. The number of allylic oxidation sites excluding steroid dienone is 1. The van der Waals surface area contributed by atoms with Crippen molar-refractivity contribution >= 4 is 5.91 Å². The summed E-state index contributed by atoms with van der Waals surface area (Å²) in [6.45, 7) is 2.27. The van der Waals surface area contributed by atoms with Gasteiger partial charge in [-0.1, -0.05) is 42.5 Å². The van der Waals surface area contributed by atoms with Crippen LogP contribution in [0.4, 0.5) is 0 Å². The lowest BCUT2D eigenvalue weighted by atomic mass is 9.90. The van der Waals surface area contributed by atoms with Crippen LogP contribution in [0.25, 0.3) is 11.1 Å². The van der Waals surface area contributed by atoms with Crippen LogP contribution in [-0.2, 0) is 20.7 Å². The van der Waals surface area contributed by atoms with Crippen LogP contribution in [0.3, 0.4) is 0 Å². The maximum atomic E-state index is 13.1. The molecule has 1 amide bonds. The lowest BCUT2D eigenvalue weighted by Gasteiger charge is -2.31. The Hall–Kier alpha value is -2.63. The monoisotopic (exact) mass is 433 g/mol. The number of nitrogens with zero attached hydrogens (tertiary/aromatic N) is 1. The Morgan fingerprint density at radius 3 is 2.72 bits per heavy atom. The summed E-state index contributed by atoms with van der Waals surface area (Å²) in [7, 11) is 0.